The summed E-state index contributed by atoms with van der Waals surface area (Å²) >= 11 is 5.56. The second-order valence-electron chi connectivity index (χ2n) is 2.91. The Balaban J connectivity index is 2.69. The largest absolute Gasteiger partial charge is 0.481 e. The van der Waals surface area contributed by atoms with Crippen LogP contribution in [0, 0.1) is 0 Å². The number of hydrogen-bond donors (Lipinski definition) is 2. The smallest absolute Gasteiger partial charge is 0.304 e. The lowest BCUT2D eigenvalue weighted by molar-refractivity contribution is -0.136. The molecule has 1 heterocycles. The Morgan fingerprint density at radius 1 is 1.50 bits per heavy atom. The van der Waals surface area contributed by atoms with Crippen molar-refractivity contribution >= 4 is 33.4 Å². The molecular weight excluding hydrogens is 256 g/mol. The zero-order valence-electron chi connectivity index (χ0n) is 8.05. The minimum absolute atomic E-state index is 0.0675. The maximum atomic E-state index is 11.4. The molecule has 0 atom stereocenters. The average Bonchev–Trinajstić information content (AvgIpc) is 2.14. The van der Waals surface area contributed by atoms with Crippen molar-refractivity contribution in [1.82, 2.24) is 4.98 Å². The Morgan fingerprint density at radius 2 is 2.19 bits per heavy atom. The van der Waals surface area contributed by atoms with Gasteiger partial charge in [-0.05, 0) is 12.1 Å². The number of rotatable bonds is 5. The van der Waals surface area contributed by atoms with Gasteiger partial charge >= 0.3 is 5.97 Å². The number of halogens is 1. The van der Waals surface area contributed by atoms with Gasteiger partial charge < -0.3 is 5.11 Å². The van der Waals surface area contributed by atoms with Crippen molar-refractivity contribution in [2.45, 2.75) is 6.42 Å². The van der Waals surface area contributed by atoms with Crippen molar-refractivity contribution in [3.8, 4) is 0 Å². The maximum Gasteiger partial charge on any atom is 0.304 e. The third-order valence-corrected chi connectivity index (χ3v) is 3.03. The third-order valence-electron chi connectivity index (χ3n) is 1.56. The van der Waals surface area contributed by atoms with E-state index in [0.29, 0.717) is 0 Å². The third kappa shape index (κ3) is 4.45. The molecule has 0 fully saturated rings. The summed E-state index contributed by atoms with van der Waals surface area (Å²) in [6, 6.07) is 4.45. The van der Waals surface area contributed by atoms with Crippen LogP contribution in [-0.2, 0) is 14.8 Å². The van der Waals surface area contributed by atoms with Crippen LogP contribution >= 0.6 is 11.6 Å². The van der Waals surface area contributed by atoms with E-state index in [-0.39, 0.29) is 11.0 Å². The lowest BCUT2D eigenvalue weighted by atomic mass is 10.5. The molecular formula is C8H9ClN2O4S. The Hall–Kier alpha value is -1.34. The summed E-state index contributed by atoms with van der Waals surface area (Å²) in [4.78, 5) is 13.9. The SMILES string of the molecule is O=C(O)CCS(=O)(=O)Nc1cccc(Cl)n1. The molecule has 0 saturated heterocycles. The summed E-state index contributed by atoms with van der Waals surface area (Å²) in [6.45, 7) is 0. The number of carboxylic acids is 1. The minimum atomic E-state index is -3.70. The van der Waals surface area contributed by atoms with Gasteiger partial charge in [0.2, 0.25) is 10.0 Å². The highest BCUT2D eigenvalue weighted by Gasteiger charge is 2.13. The molecule has 1 aromatic rings. The fourth-order valence-corrected chi connectivity index (χ4v) is 2.04. The van der Waals surface area contributed by atoms with Crippen molar-refractivity contribution in [2.24, 2.45) is 0 Å². The summed E-state index contributed by atoms with van der Waals surface area (Å²) < 4.78 is 24.8. The van der Waals surface area contributed by atoms with Crippen LogP contribution in [0.15, 0.2) is 18.2 Å². The van der Waals surface area contributed by atoms with Crippen LogP contribution in [0.2, 0.25) is 5.15 Å². The Labute approximate surface area is 97.3 Å². The van der Waals surface area contributed by atoms with Gasteiger partial charge in [0.25, 0.3) is 0 Å². The zero-order chi connectivity index (χ0) is 12.2. The number of aliphatic carboxylic acids is 1. The number of sulfonamides is 1. The van der Waals surface area contributed by atoms with Crippen molar-refractivity contribution in [3.05, 3.63) is 23.4 Å². The van der Waals surface area contributed by atoms with E-state index < -0.39 is 28.2 Å². The Bertz CT molecular complexity index is 489. The highest BCUT2D eigenvalue weighted by molar-refractivity contribution is 7.92. The number of nitrogens with zero attached hydrogens (tertiary/aromatic N) is 1. The Kier molecular flexibility index (Phi) is 4.08. The van der Waals surface area contributed by atoms with E-state index in [9.17, 15) is 13.2 Å². The van der Waals surface area contributed by atoms with E-state index in [0.717, 1.165) is 0 Å². The van der Waals surface area contributed by atoms with Crippen LogP contribution in [0.25, 0.3) is 0 Å². The van der Waals surface area contributed by atoms with Gasteiger partial charge in [-0.3, -0.25) is 9.52 Å². The number of anilines is 1. The topological polar surface area (TPSA) is 96.4 Å². The maximum absolute atomic E-state index is 11.4. The normalized spacial score (nSPS) is 11.1. The summed E-state index contributed by atoms with van der Waals surface area (Å²) in [5, 5.41) is 8.51. The fraction of sp³-hybridized carbons (Fsp3) is 0.250. The van der Waals surface area contributed by atoms with Crippen molar-refractivity contribution in [2.75, 3.05) is 10.5 Å². The molecule has 1 rings (SSSR count). The highest BCUT2D eigenvalue weighted by Crippen LogP contribution is 2.11. The molecule has 0 spiro atoms. The van der Waals surface area contributed by atoms with Gasteiger partial charge in [-0.1, -0.05) is 17.7 Å². The van der Waals surface area contributed by atoms with Gasteiger partial charge in [0.15, 0.2) is 0 Å². The number of nitrogens with one attached hydrogen (secondary N) is 1. The van der Waals surface area contributed by atoms with E-state index in [1.54, 1.807) is 0 Å². The molecule has 0 aliphatic carbocycles. The van der Waals surface area contributed by atoms with Crippen molar-refractivity contribution < 1.29 is 18.3 Å². The van der Waals surface area contributed by atoms with E-state index in [1.807, 2.05) is 0 Å². The number of pyridine rings is 1. The first kappa shape index (κ1) is 12.7. The van der Waals surface area contributed by atoms with Crippen LogP contribution in [0.4, 0.5) is 5.82 Å². The molecule has 0 aliphatic heterocycles. The summed E-state index contributed by atoms with van der Waals surface area (Å²) in [7, 11) is -3.70. The fourth-order valence-electron chi connectivity index (χ4n) is 0.897. The van der Waals surface area contributed by atoms with E-state index in [1.165, 1.54) is 18.2 Å². The lowest BCUT2D eigenvalue weighted by Crippen LogP contribution is -2.19. The molecule has 1 aromatic heterocycles. The van der Waals surface area contributed by atoms with Gasteiger partial charge in [0, 0.05) is 0 Å². The van der Waals surface area contributed by atoms with Gasteiger partial charge in [-0.2, -0.15) is 0 Å². The monoisotopic (exact) mass is 264 g/mol. The minimum Gasteiger partial charge on any atom is -0.481 e. The van der Waals surface area contributed by atoms with Crippen LogP contribution in [-0.4, -0.2) is 30.2 Å². The molecule has 6 nitrogen and oxygen atoms in total. The first-order valence-corrected chi connectivity index (χ1v) is 6.27. The Morgan fingerprint density at radius 3 is 2.75 bits per heavy atom. The molecule has 2 N–H and O–H groups in total. The summed E-state index contributed by atoms with van der Waals surface area (Å²) in [6.07, 6.45) is -0.462. The molecule has 0 aliphatic rings. The van der Waals surface area contributed by atoms with Gasteiger partial charge in [-0.25, -0.2) is 13.4 Å². The first-order chi connectivity index (χ1) is 7.39. The van der Waals surface area contributed by atoms with Crippen molar-refractivity contribution in [3.63, 3.8) is 0 Å². The molecule has 88 valence electrons. The summed E-state index contributed by atoms with van der Waals surface area (Å²) in [5.74, 6) is -1.61. The molecule has 16 heavy (non-hydrogen) atoms. The second kappa shape index (κ2) is 5.13. The predicted octanol–water partition coefficient (Wildman–Crippen LogP) is 0.951. The molecule has 0 saturated carbocycles. The van der Waals surface area contributed by atoms with Crippen LogP contribution in [0.3, 0.4) is 0 Å². The molecule has 0 bridgehead atoms. The van der Waals surface area contributed by atoms with Crippen LogP contribution in [0.5, 0.6) is 0 Å². The molecule has 0 radical (unpaired) electrons. The average molecular weight is 265 g/mol. The van der Waals surface area contributed by atoms with E-state index >= 15 is 0 Å². The van der Waals surface area contributed by atoms with E-state index in [4.69, 9.17) is 16.7 Å². The first-order valence-electron chi connectivity index (χ1n) is 4.24. The number of aromatic nitrogens is 1. The number of carbonyl (C=O) groups is 1. The standard InChI is InChI=1S/C8H9ClN2O4S/c9-6-2-1-3-7(10-6)11-16(14,15)5-4-8(12)13/h1-3H,4-5H2,(H,10,11)(H,12,13). The van der Waals surface area contributed by atoms with Gasteiger partial charge in [0.05, 0.1) is 12.2 Å². The van der Waals surface area contributed by atoms with Crippen molar-refractivity contribution in [1.29, 1.82) is 0 Å². The quantitative estimate of drug-likeness (QED) is 0.772. The molecule has 8 heteroatoms. The lowest BCUT2D eigenvalue weighted by Gasteiger charge is -2.05. The molecule has 0 unspecified atom stereocenters. The molecule has 0 aromatic carbocycles. The van der Waals surface area contributed by atoms with Crippen LogP contribution < -0.4 is 4.72 Å². The van der Waals surface area contributed by atoms with E-state index in [2.05, 4.69) is 9.71 Å². The highest BCUT2D eigenvalue weighted by atomic mass is 35.5. The van der Waals surface area contributed by atoms with Crippen LogP contribution in [0.1, 0.15) is 6.42 Å². The van der Waals surface area contributed by atoms with Gasteiger partial charge in [-0.15, -0.1) is 0 Å². The predicted molar refractivity (Wildman–Crippen MR) is 58.9 cm³/mol. The summed E-state index contributed by atoms with van der Waals surface area (Å²) in [5.41, 5.74) is 0. The molecule has 0 amide bonds. The van der Waals surface area contributed by atoms with Gasteiger partial charge in [0.1, 0.15) is 11.0 Å². The zero-order valence-corrected chi connectivity index (χ0v) is 9.62. The number of carboxylic acid groups (broad SMARTS) is 1. The number of hydrogen-bond acceptors (Lipinski definition) is 4. The second-order valence-corrected chi connectivity index (χ2v) is 5.14.